The molecule has 2 aliphatic rings. The Hall–Kier alpha value is -2.25. The van der Waals surface area contributed by atoms with E-state index in [2.05, 4.69) is 31.4 Å². The molecule has 1 aliphatic heterocycles. The van der Waals surface area contributed by atoms with E-state index < -0.39 is 8.32 Å². The summed E-state index contributed by atoms with van der Waals surface area (Å²) in [7, 11) is -0.235. The average molecular weight is 455 g/mol. The van der Waals surface area contributed by atoms with Crippen molar-refractivity contribution < 1.29 is 18.8 Å². The molecule has 1 amide bonds. The Morgan fingerprint density at radius 3 is 2.75 bits per heavy atom. The number of pyridine rings is 1. The number of ketones is 1. The van der Waals surface area contributed by atoms with Crippen molar-refractivity contribution in [2.75, 3.05) is 7.11 Å². The Bertz CT molecular complexity index is 1040. The zero-order chi connectivity index (χ0) is 23.0. The largest absolute Gasteiger partial charge is 0.494 e. The summed E-state index contributed by atoms with van der Waals surface area (Å²) in [4.78, 5) is 30.8. The summed E-state index contributed by atoms with van der Waals surface area (Å²) in [6, 6.07) is 8.74. The molecule has 2 aromatic rings. The number of para-hydroxylation sites is 1. The van der Waals surface area contributed by atoms with Crippen LogP contribution in [0.5, 0.6) is 5.75 Å². The molecule has 1 fully saturated rings. The lowest BCUT2D eigenvalue weighted by Gasteiger charge is -2.46. The van der Waals surface area contributed by atoms with E-state index >= 15 is 0 Å². The molecule has 4 atom stereocenters. The fourth-order valence-electron chi connectivity index (χ4n) is 5.26. The van der Waals surface area contributed by atoms with Gasteiger partial charge in [0.15, 0.2) is 14.1 Å². The van der Waals surface area contributed by atoms with Crippen LogP contribution in [0.4, 0.5) is 0 Å². The van der Waals surface area contributed by atoms with Crippen LogP contribution >= 0.6 is 0 Å². The van der Waals surface area contributed by atoms with Crippen molar-refractivity contribution in [1.29, 1.82) is 0 Å². The number of aromatic nitrogens is 1. The van der Waals surface area contributed by atoms with Gasteiger partial charge in [-0.05, 0) is 56.6 Å². The van der Waals surface area contributed by atoms with E-state index in [1.807, 2.05) is 25.1 Å². The molecule has 1 aromatic heterocycles. The van der Waals surface area contributed by atoms with Gasteiger partial charge in [0.1, 0.15) is 17.0 Å². The van der Waals surface area contributed by atoms with Crippen molar-refractivity contribution in [3.8, 4) is 5.75 Å². The van der Waals surface area contributed by atoms with Crippen LogP contribution in [0.2, 0.25) is 19.1 Å². The van der Waals surface area contributed by atoms with Gasteiger partial charge in [0.2, 0.25) is 5.91 Å². The number of amides is 1. The number of β-lactam (4-membered cyclic amide) rings is 1. The average Bonchev–Trinajstić information content (AvgIpc) is 2.74. The van der Waals surface area contributed by atoms with Gasteiger partial charge in [-0.1, -0.05) is 31.9 Å². The van der Waals surface area contributed by atoms with E-state index in [0.717, 1.165) is 36.3 Å². The zero-order valence-corrected chi connectivity index (χ0v) is 20.7. The van der Waals surface area contributed by atoms with Gasteiger partial charge in [-0.3, -0.25) is 9.59 Å². The molecule has 0 radical (unpaired) electrons. The second kappa shape index (κ2) is 8.94. The molecule has 2 heterocycles. The second-order valence-corrected chi connectivity index (χ2v) is 14.0. The third-order valence-electron chi connectivity index (χ3n) is 6.98. The molecule has 0 bridgehead atoms. The maximum Gasteiger partial charge on any atom is 0.228 e. The smallest absolute Gasteiger partial charge is 0.228 e. The highest BCUT2D eigenvalue weighted by molar-refractivity contribution is 6.71. The molecule has 6 nitrogen and oxygen atoms in total. The van der Waals surface area contributed by atoms with E-state index in [1.165, 1.54) is 0 Å². The lowest BCUT2D eigenvalue weighted by atomic mass is 9.71. The molecule has 4 rings (SSSR count). The molecule has 1 aliphatic carbocycles. The lowest BCUT2D eigenvalue weighted by Crippen LogP contribution is -2.67. The van der Waals surface area contributed by atoms with E-state index in [-0.39, 0.29) is 35.7 Å². The van der Waals surface area contributed by atoms with Crippen LogP contribution in [0.1, 0.15) is 49.2 Å². The second-order valence-electron chi connectivity index (χ2n) is 9.78. The summed E-state index contributed by atoms with van der Waals surface area (Å²) < 4.78 is 11.9. The van der Waals surface area contributed by atoms with Crippen molar-refractivity contribution >= 4 is 30.9 Å². The minimum atomic E-state index is -1.85. The Labute approximate surface area is 191 Å². The summed E-state index contributed by atoms with van der Waals surface area (Å²) in [5.74, 6) is 0.125. The number of hydrogen-bond donors (Lipinski definition) is 1. The van der Waals surface area contributed by atoms with Crippen molar-refractivity contribution in [2.24, 2.45) is 11.8 Å². The first-order valence-corrected chi connectivity index (χ1v) is 14.9. The maximum absolute atomic E-state index is 13.5. The minimum Gasteiger partial charge on any atom is -0.494 e. The standard InChI is InChI=1S/C25H34N2O4Si/c1-6-7-13-32(4,5)31-15(2)20-23(27-25(20)29)18-12-11-17-14-16-9-8-10-19(30-3)21(16)26-22(17)24(18)28/h8-10,14-15,18,20,23H,6-7,11-13H2,1-5H3,(H,27,29)/t15-,18?,20-,23+/m1/s1. The summed E-state index contributed by atoms with van der Waals surface area (Å²) >= 11 is 0. The molecule has 1 unspecified atom stereocenters. The molecule has 7 heteroatoms. The summed E-state index contributed by atoms with van der Waals surface area (Å²) in [5.41, 5.74) is 2.20. The van der Waals surface area contributed by atoms with Crippen LogP contribution < -0.4 is 10.1 Å². The van der Waals surface area contributed by atoms with E-state index in [4.69, 9.17) is 14.1 Å². The fraction of sp³-hybridized carbons (Fsp3) is 0.560. The first-order chi connectivity index (χ1) is 15.3. The third kappa shape index (κ3) is 4.20. The first kappa shape index (κ1) is 22.9. The molecule has 172 valence electrons. The Morgan fingerprint density at radius 1 is 1.28 bits per heavy atom. The van der Waals surface area contributed by atoms with Crippen LogP contribution in [-0.2, 0) is 15.6 Å². The number of carbonyl (C=O) groups excluding carboxylic acids is 2. The molecular formula is C25H34N2O4Si. The van der Waals surface area contributed by atoms with Crippen molar-refractivity contribution in [1.82, 2.24) is 10.3 Å². The Morgan fingerprint density at radius 2 is 2.06 bits per heavy atom. The summed E-state index contributed by atoms with van der Waals surface area (Å²) in [5, 5.41) is 3.99. The van der Waals surface area contributed by atoms with E-state index in [0.29, 0.717) is 23.4 Å². The quantitative estimate of drug-likeness (QED) is 0.469. The molecule has 32 heavy (non-hydrogen) atoms. The molecule has 1 N–H and O–H groups in total. The number of rotatable bonds is 8. The van der Waals surface area contributed by atoms with Gasteiger partial charge in [-0.15, -0.1) is 0 Å². The zero-order valence-electron chi connectivity index (χ0n) is 19.7. The number of ether oxygens (including phenoxy) is 1. The number of benzene rings is 1. The minimum absolute atomic E-state index is 0.00507. The number of carbonyl (C=O) groups is 2. The number of methoxy groups -OCH3 is 1. The Balaban J connectivity index is 1.56. The normalized spacial score (nSPS) is 24.0. The van der Waals surface area contributed by atoms with E-state index in [9.17, 15) is 9.59 Å². The predicted octanol–water partition coefficient (Wildman–Crippen LogP) is 4.51. The number of fused-ring (bicyclic) bond motifs is 2. The van der Waals surface area contributed by atoms with Crippen molar-refractivity contribution in [3.05, 3.63) is 35.5 Å². The number of nitrogens with one attached hydrogen (secondary N) is 1. The van der Waals surface area contributed by atoms with Crippen LogP contribution in [-0.4, -0.2) is 44.2 Å². The number of Topliss-reactive ketones (excluding diaryl/α,β-unsaturated/α-hetero) is 1. The molecule has 1 aromatic carbocycles. The third-order valence-corrected chi connectivity index (χ3v) is 9.55. The van der Waals surface area contributed by atoms with Crippen LogP contribution in [0.25, 0.3) is 10.9 Å². The molecule has 1 saturated heterocycles. The number of hydrogen-bond acceptors (Lipinski definition) is 5. The fourth-order valence-corrected chi connectivity index (χ4v) is 7.73. The van der Waals surface area contributed by atoms with Gasteiger partial charge >= 0.3 is 0 Å². The first-order valence-electron chi connectivity index (χ1n) is 11.7. The van der Waals surface area contributed by atoms with E-state index in [1.54, 1.807) is 7.11 Å². The van der Waals surface area contributed by atoms with Crippen molar-refractivity contribution in [3.63, 3.8) is 0 Å². The molecular weight excluding hydrogens is 420 g/mol. The predicted molar refractivity (Wildman–Crippen MR) is 128 cm³/mol. The highest BCUT2D eigenvalue weighted by Crippen LogP contribution is 2.37. The topological polar surface area (TPSA) is 77.5 Å². The lowest BCUT2D eigenvalue weighted by molar-refractivity contribution is -0.141. The van der Waals surface area contributed by atoms with Crippen LogP contribution in [0.3, 0.4) is 0 Å². The number of aryl methyl sites for hydroxylation is 1. The van der Waals surface area contributed by atoms with Gasteiger partial charge < -0.3 is 14.5 Å². The monoisotopic (exact) mass is 454 g/mol. The van der Waals surface area contributed by atoms with Gasteiger partial charge in [0.05, 0.1) is 25.2 Å². The summed E-state index contributed by atoms with van der Waals surface area (Å²) in [6.07, 6.45) is 3.59. The van der Waals surface area contributed by atoms with Gasteiger partial charge in [0.25, 0.3) is 0 Å². The molecule has 0 saturated carbocycles. The Kier molecular flexibility index (Phi) is 6.41. The highest BCUT2D eigenvalue weighted by atomic mass is 28.4. The SMILES string of the molecule is CCCC[Si](C)(C)O[C@H](C)[C@H]1C(=O)N[C@H]1C1CCc2cc3cccc(OC)c3nc2C1=O. The maximum atomic E-state index is 13.5. The number of nitrogens with zero attached hydrogens (tertiary/aromatic N) is 1. The molecule has 0 spiro atoms. The summed E-state index contributed by atoms with van der Waals surface area (Å²) in [6.45, 7) is 8.61. The van der Waals surface area contributed by atoms with Crippen LogP contribution in [0.15, 0.2) is 24.3 Å². The van der Waals surface area contributed by atoms with Gasteiger partial charge in [0, 0.05) is 11.3 Å². The van der Waals surface area contributed by atoms with Gasteiger partial charge in [-0.25, -0.2) is 4.98 Å². The van der Waals surface area contributed by atoms with Crippen LogP contribution in [0, 0.1) is 11.8 Å². The highest BCUT2D eigenvalue weighted by Gasteiger charge is 2.51. The van der Waals surface area contributed by atoms with Gasteiger partial charge in [-0.2, -0.15) is 0 Å². The van der Waals surface area contributed by atoms with Crippen molar-refractivity contribution in [2.45, 2.75) is 70.8 Å². The number of unbranched alkanes of at least 4 members (excludes halogenated alkanes) is 1.